The van der Waals surface area contributed by atoms with Gasteiger partial charge >= 0.3 is 0 Å². The van der Waals surface area contributed by atoms with Gasteiger partial charge < -0.3 is 9.47 Å². The van der Waals surface area contributed by atoms with Crippen LogP contribution in [0, 0.1) is 5.92 Å². The molecule has 0 saturated carbocycles. The maximum absolute atomic E-state index is 6.46. The summed E-state index contributed by atoms with van der Waals surface area (Å²) in [6.07, 6.45) is 16.1. The monoisotopic (exact) mass is 492 g/mol. The summed E-state index contributed by atoms with van der Waals surface area (Å²) in [6.45, 7) is 3.43. The molecule has 4 nitrogen and oxygen atoms in total. The van der Waals surface area contributed by atoms with Crippen molar-refractivity contribution in [2.24, 2.45) is 5.92 Å². The summed E-state index contributed by atoms with van der Waals surface area (Å²) in [5.41, 5.74) is 6.41. The second kappa shape index (κ2) is 11.1. The summed E-state index contributed by atoms with van der Waals surface area (Å²) in [4.78, 5) is 11.6. The van der Waals surface area contributed by atoms with E-state index in [0.29, 0.717) is 0 Å². The molecule has 34 heavy (non-hydrogen) atoms. The molecule has 1 aliphatic heterocycles. The maximum Gasteiger partial charge on any atom is 0.0945 e. The second-order valence-electron chi connectivity index (χ2n) is 9.57. The number of hydrogen-bond donors (Lipinski definition) is 0. The Morgan fingerprint density at radius 3 is 2.85 bits per heavy atom. The first kappa shape index (κ1) is 23.7. The average Bonchev–Trinajstić information content (AvgIpc) is 3.33. The molecule has 1 aromatic carbocycles. The van der Waals surface area contributed by atoms with Gasteiger partial charge in [-0.3, -0.25) is 4.98 Å². The van der Waals surface area contributed by atoms with E-state index in [1.54, 1.807) is 0 Å². The number of rotatable bonds is 8. The van der Waals surface area contributed by atoms with Crippen LogP contribution in [0.2, 0.25) is 5.02 Å². The standard InChI is InChI=1S/C28H33ClN4S/c1-32-14-8-21(9-15-32)10-17-34-28-26-7-6-24(29)19-23(26)18-22(25-5-2-11-31-27(25)28)4-3-13-33-16-12-30-20-33/h2,5-7,11-12,16,18-21,28H,3-4,8-10,13-15,17H2,1H3. The Balaban J connectivity index is 1.38. The van der Waals surface area contributed by atoms with Gasteiger partial charge in [-0.2, -0.15) is 0 Å². The fraction of sp³-hybridized carbons (Fsp3) is 0.429. The molecule has 1 fully saturated rings. The topological polar surface area (TPSA) is 34.0 Å². The highest BCUT2D eigenvalue weighted by Gasteiger charge is 2.27. The number of allylic oxidation sites excluding steroid dienone is 1. The Hall–Kier alpha value is -2.08. The lowest BCUT2D eigenvalue weighted by Crippen LogP contribution is -2.30. The molecule has 0 amide bonds. The number of hydrogen-bond acceptors (Lipinski definition) is 4. The molecule has 5 rings (SSSR count). The molecule has 0 spiro atoms. The number of piperidine rings is 1. The molecule has 0 bridgehead atoms. The largest absolute Gasteiger partial charge is 0.337 e. The summed E-state index contributed by atoms with van der Waals surface area (Å²) < 4.78 is 2.15. The van der Waals surface area contributed by atoms with Crippen LogP contribution in [0.4, 0.5) is 0 Å². The quantitative estimate of drug-likeness (QED) is 0.345. The minimum atomic E-state index is 0.233. The Morgan fingerprint density at radius 2 is 2.03 bits per heavy atom. The summed E-state index contributed by atoms with van der Waals surface area (Å²) in [5.74, 6) is 2.01. The summed E-state index contributed by atoms with van der Waals surface area (Å²) in [6, 6.07) is 10.7. The molecule has 1 atom stereocenters. The molecule has 1 aliphatic carbocycles. The third kappa shape index (κ3) is 5.59. The highest BCUT2D eigenvalue weighted by molar-refractivity contribution is 7.99. The molecular formula is C28H33ClN4S. The minimum Gasteiger partial charge on any atom is -0.337 e. The molecule has 0 radical (unpaired) electrons. The Bertz CT molecular complexity index is 1120. The molecule has 2 aliphatic rings. The van der Waals surface area contributed by atoms with Gasteiger partial charge in [-0.25, -0.2) is 4.98 Å². The van der Waals surface area contributed by atoms with Gasteiger partial charge in [0.1, 0.15) is 0 Å². The highest BCUT2D eigenvalue weighted by Crippen LogP contribution is 2.45. The van der Waals surface area contributed by atoms with E-state index in [1.165, 1.54) is 60.3 Å². The summed E-state index contributed by atoms with van der Waals surface area (Å²) >= 11 is 8.52. The summed E-state index contributed by atoms with van der Waals surface area (Å²) in [5, 5.41) is 1.03. The van der Waals surface area contributed by atoms with Crippen LogP contribution in [0.1, 0.15) is 59.7 Å². The van der Waals surface area contributed by atoms with Crippen molar-refractivity contribution < 1.29 is 0 Å². The van der Waals surface area contributed by atoms with E-state index in [2.05, 4.69) is 63.6 Å². The first-order valence-electron chi connectivity index (χ1n) is 12.4. The fourth-order valence-corrected chi connectivity index (χ4v) is 6.80. The van der Waals surface area contributed by atoms with Gasteiger partial charge in [0.2, 0.25) is 0 Å². The molecule has 0 N–H and O–H groups in total. The number of aryl methyl sites for hydroxylation is 1. The number of fused-ring (bicyclic) bond motifs is 2. The van der Waals surface area contributed by atoms with Crippen molar-refractivity contribution in [3.8, 4) is 0 Å². The van der Waals surface area contributed by atoms with Crippen LogP contribution in [0.5, 0.6) is 0 Å². The van der Waals surface area contributed by atoms with Gasteiger partial charge in [0, 0.05) is 35.7 Å². The third-order valence-electron chi connectivity index (χ3n) is 7.16. The SMILES string of the molecule is CN1CCC(CCSC2c3ccc(Cl)cc3C=C(CCCn3ccnc3)c3cccnc32)CC1. The molecule has 3 heterocycles. The number of pyridine rings is 1. The van der Waals surface area contributed by atoms with Crippen LogP contribution in [0.3, 0.4) is 0 Å². The van der Waals surface area contributed by atoms with E-state index in [1.807, 2.05) is 31.0 Å². The number of imidazole rings is 1. The van der Waals surface area contributed by atoms with Gasteiger partial charge in [0.15, 0.2) is 0 Å². The van der Waals surface area contributed by atoms with Crippen molar-refractivity contribution in [2.45, 2.75) is 43.9 Å². The molecule has 178 valence electrons. The third-order valence-corrected chi connectivity index (χ3v) is 8.68. The summed E-state index contributed by atoms with van der Waals surface area (Å²) in [7, 11) is 2.24. The molecule has 6 heteroatoms. The van der Waals surface area contributed by atoms with Crippen molar-refractivity contribution in [2.75, 3.05) is 25.9 Å². The number of nitrogens with zero attached hydrogens (tertiary/aromatic N) is 4. The van der Waals surface area contributed by atoms with Gasteiger partial charge in [-0.05, 0) is 98.8 Å². The normalized spacial score (nSPS) is 18.8. The first-order valence-corrected chi connectivity index (χ1v) is 13.8. The number of aromatic nitrogens is 3. The van der Waals surface area contributed by atoms with E-state index >= 15 is 0 Å². The lowest BCUT2D eigenvalue weighted by Gasteiger charge is -2.29. The molecule has 1 unspecified atom stereocenters. The van der Waals surface area contributed by atoms with Crippen LogP contribution in [0.25, 0.3) is 11.6 Å². The van der Waals surface area contributed by atoms with Crippen LogP contribution >= 0.6 is 23.4 Å². The smallest absolute Gasteiger partial charge is 0.0945 e. The molecule has 3 aromatic rings. The Morgan fingerprint density at radius 1 is 1.15 bits per heavy atom. The zero-order chi connectivity index (χ0) is 23.3. The fourth-order valence-electron chi connectivity index (χ4n) is 5.17. The molecular weight excluding hydrogens is 460 g/mol. The van der Waals surface area contributed by atoms with E-state index in [9.17, 15) is 0 Å². The zero-order valence-corrected chi connectivity index (χ0v) is 21.4. The lowest BCUT2D eigenvalue weighted by molar-refractivity contribution is 0.217. The van der Waals surface area contributed by atoms with Gasteiger partial charge in [0.25, 0.3) is 0 Å². The molecule has 1 saturated heterocycles. The van der Waals surface area contributed by atoms with Crippen LogP contribution in [-0.2, 0) is 6.54 Å². The minimum absolute atomic E-state index is 0.233. The maximum atomic E-state index is 6.46. The Kier molecular flexibility index (Phi) is 7.73. The van der Waals surface area contributed by atoms with E-state index in [4.69, 9.17) is 16.6 Å². The van der Waals surface area contributed by atoms with E-state index in [0.717, 1.165) is 36.1 Å². The number of likely N-dealkylation sites (tertiary alicyclic amines) is 1. The predicted molar refractivity (Wildman–Crippen MR) is 144 cm³/mol. The average molecular weight is 493 g/mol. The second-order valence-corrected chi connectivity index (χ2v) is 11.2. The van der Waals surface area contributed by atoms with Crippen molar-refractivity contribution in [1.82, 2.24) is 19.4 Å². The van der Waals surface area contributed by atoms with Crippen molar-refractivity contribution in [3.05, 3.63) is 82.7 Å². The number of benzene rings is 1. The zero-order valence-electron chi connectivity index (χ0n) is 19.9. The highest BCUT2D eigenvalue weighted by atomic mass is 35.5. The van der Waals surface area contributed by atoms with Crippen LogP contribution in [-0.4, -0.2) is 45.3 Å². The van der Waals surface area contributed by atoms with E-state index in [-0.39, 0.29) is 5.25 Å². The molecule has 2 aromatic heterocycles. The van der Waals surface area contributed by atoms with Gasteiger partial charge in [-0.1, -0.05) is 29.8 Å². The van der Waals surface area contributed by atoms with Crippen molar-refractivity contribution >= 4 is 35.0 Å². The van der Waals surface area contributed by atoms with Crippen molar-refractivity contribution in [3.63, 3.8) is 0 Å². The van der Waals surface area contributed by atoms with E-state index < -0.39 is 0 Å². The Labute approximate surface area is 212 Å². The van der Waals surface area contributed by atoms with Crippen LogP contribution in [0.15, 0.2) is 55.2 Å². The number of thioether (sulfide) groups is 1. The van der Waals surface area contributed by atoms with Gasteiger partial charge in [-0.15, -0.1) is 11.8 Å². The number of halogens is 1. The predicted octanol–water partition coefficient (Wildman–Crippen LogP) is 6.82. The van der Waals surface area contributed by atoms with Gasteiger partial charge in [0.05, 0.1) is 17.3 Å². The van der Waals surface area contributed by atoms with Crippen LogP contribution < -0.4 is 0 Å². The first-order chi connectivity index (χ1) is 16.7. The lowest BCUT2D eigenvalue weighted by atomic mass is 9.95. The van der Waals surface area contributed by atoms with Crippen molar-refractivity contribution in [1.29, 1.82) is 0 Å².